The summed E-state index contributed by atoms with van der Waals surface area (Å²) in [4.78, 5) is 19.4. The van der Waals surface area contributed by atoms with Crippen LogP contribution in [0.1, 0.15) is 29.5 Å². The molecule has 5 rings (SSSR count). The molecule has 0 bridgehead atoms. The second-order valence-electron chi connectivity index (χ2n) is 6.68. The van der Waals surface area contributed by atoms with Gasteiger partial charge in [0.1, 0.15) is 16.5 Å². The molecule has 0 radical (unpaired) electrons. The van der Waals surface area contributed by atoms with Crippen LogP contribution in [0.25, 0.3) is 22.6 Å². The predicted molar refractivity (Wildman–Crippen MR) is 108 cm³/mol. The van der Waals surface area contributed by atoms with Crippen LogP contribution in [0.5, 0.6) is 0 Å². The number of nitrogens with two attached hydrogens (primary N) is 1. The van der Waals surface area contributed by atoms with Gasteiger partial charge in [-0.05, 0) is 49.3 Å². The fraction of sp³-hybridized carbons (Fsp3) is 0.263. The molecule has 0 saturated heterocycles. The molecule has 0 unspecified atom stereocenters. The largest absolute Gasteiger partial charge is 0.368 e. The number of fused-ring (bicyclic) bond motifs is 1. The normalized spacial score (nSPS) is 14.1. The highest BCUT2D eigenvalue weighted by Gasteiger charge is 2.30. The molecule has 4 heterocycles. The molecule has 4 aromatic heterocycles. The highest BCUT2D eigenvalue weighted by atomic mass is 35.5. The van der Waals surface area contributed by atoms with E-state index >= 15 is 0 Å². The Morgan fingerprint density at radius 3 is 2.81 bits per heavy atom. The summed E-state index contributed by atoms with van der Waals surface area (Å²) in [5, 5.41) is 2.54. The van der Waals surface area contributed by atoms with Crippen molar-refractivity contribution in [3.63, 3.8) is 0 Å². The first-order chi connectivity index (χ1) is 13.2. The Kier molecular flexibility index (Phi) is 4.06. The molecule has 27 heavy (non-hydrogen) atoms. The number of aromatic nitrogens is 5. The monoisotopic (exact) mass is 396 g/mol. The third-order valence-corrected chi connectivity index (χ3v) is 5.86. The molecule has 8 heteroatoms. The highest BCUT2D eigenvalue weighted by molar-refractivity contribution is 7.09. The van der Waals surface area contributed by atoms with E-state index < -0.39 is 0 Å². The molecule has 1 fully saturated rings. The van der Waals surface area contributed by atoms with E-state index in [-0.39, 0.29) is 0 Å². The Morgan fingerprint density at radius 2 is 2.07 bits per heavy atom. The van der Waals surface area contributed by atoms with Gasteiger partial charge in [-0.3, -0.25) is 0 Å². The Morgan fingerprint density at radius 1 is 1.19 bits per heavy atom. The van der Waals surface area contributed by atoms with Crippen molar-refractivity contribution in [2.24, 2.45) is 0 Å². The van der Waals surface area contributed by atoms with E-state index in [0.29, 0.717) is 17.1 Å². The van der Waals surface area contributed by atoms with Crippen molar-refractivity contribution < 1.29 is 0 Å². The van der Waals surface area contributed by atoms with Gasteiger partial charge in [0.2, 0.25) is 5.95 Å². The molecule has 0 atom stereocenters. The average Bonchev–Trinajstić information content (AvgIpc) is 3.21. The molecule has 1 saturated carbocycles. The van der Waals surface area contributed by atoms with E-state index in [9.17, 15) is 0 Å². The number of rotatable bonds is 5. The lowest BCUT2D eigenvalue weighted by molar-refractivity contribution is 0.765. The van der Waals surface area contributed by atoms with E-state index in [4.69, 9.17) is 22.3 Å². The predicted octanol–water partition coefficient (Wildman–Crippen LogP) is 4.31. The third kappa shape index (κ3) is 3.17. The molecular formula is C19H17ClN6S. The molecule has 2 N–H and O–H groups in total. The lowest BCUT2D eigenvalue weighted by Gasteiger charge is -2.07. The van der Waals surface area contributed by atoms with Gasteiger partial charge in [-0.15, -0.1) is 11.3 Å². The molecular weight excluding hydrogens is 380 g/mol. The zero-order chi connectivity index (χ0) is 18.4. The molecule has 4 aromatic rings. The van der Waals surface area contributed by atoms with Crippen LogP contribution in [-0.4, -0.2) is 24.5 Å². The number of nitrogens with zero attached hydrogens (tertiary/aromatic N) is 5. The van der Waals surface area contributed by atoms with Gasteiger partial charge < -0.3 is 10.3 Å². The number of hydrogen-bond donors (Lipinski definition) is 1. The maximum atomic E-state index is 6.11. The smallest absolute Gasteiger partial charge is 0.222 e. The van der Waals surface area contributed by atoms with Gasteiger partial charge in [-0.25, -0.2) is 15.0 Å². The summed E-state index contributed by atoms with van der Waals surface area (Å²) in [5.41, 5.74) is 9.51. The number of hydrogen-bond acceptors (Lipinski definition) is 6. The Hall–Kier alpha value is -2.51. The molecule has 1 aliphatic rings. The van der Waals surface area contributed by atoms with E-state index in [2.05, 4.69) is 37.0 Å². The average molecular weight is 397 g/mol. The van der Waals surface area contributed by atoms with Gasteiger partial charge >= 0.3 is 0 Å². The fourth-order valence-corrected chi connectivity index (χ4v) is 4.23. The van der Waals surface area contributed by atoms with Crippen molar-refractivity contribution in [3.8, 4) is 11.4 Å². The van der Waals surface area contributed by atoms with Gasteiger partial charge in [0.05, 0.1) is 5.69 Å². The Bertz CT molecular complexity index is 1120. The molecule has 0 amide bonds. The number of imidazole rings is 1. The summed E-state index contributed by atoms with van der Waals surface area (Å²) in [6.45, 7) is 0. The summed E-state index contributed by atoms with van der Waals surface area (Å²) in [6.07, 6.45) is 5.63. The second-order valence-corrected chi connectivity index (χ2v) is 8.10. The first-order valence-electron chi connectivity index (χ1n) is 8.87. The van der Waals surface area contributed by atoms with E-state index in [1.165, 1.54) is 4.88 Å². The lowest BCUT2D eigenvalue weighted by Crippen LogP contribution is -2.04. The molecule has 0 aromatic carbocycles. The lowest BCUT2D eigenvalue weighted by atomic mass is 10.2. The van der Waals surface area contributed by atoms with Gasteiger partial charge in [0.25, 0.3) is 0 Å². The molecule has 0 spiro atoms. The van der Waals surface area contributed by atoms with E-state index in [0.717, 1.165) is 53.9 Å². The van der Waals surface area contributed by atoms with Crippen molar-refractivity contribution in [2.45, 2.75) is 31.7 Å². The maximum absolute atomic E-state index is 6.11. The topological polar surface area (TPSA) is 82.5 Å². The van der Waals surface area contributed by atoms with Crippen LogP contribution in [0.15, 0.2) is 35.8 Å². The summed E-state index contributed by atoms with van der Waals surface area (Å²) in [6, 6.07) is 8.37. The Labute approximate surface area is 165 Å². The van der Waals surface area contributed by atoms with E-state index in [1.807, 2.05) is 12.1 Å². The number of halogens is 1. The SMILES string of the molecule is Nc1nc(CCc2cccs2)c2nc(-c3ccnc(Cl)c3)n(C3CC3)c2n1. The first kappa shape index (κ1) is 16.6. The minimum Gasteiger partial charge on any atom is -0.368 e. The second kappa shape index (κ2) is 6.58. The standard InChI is InChI=1S/C19H17ClN6S/c20-15-10-11(7-8-22-15)17-24-16-14(6-5-13-2-1-9-27-13)23-19(21)25-18(16)26(17)12-3-4-12/h1-2,7-10,12H,3-6H2,(H2,21,23,25). The van der Waals surface area contributed by atoms with Crippen molar-refractivity contribution in [2.75, 3.05) is 5.73 Å². The van der Waals surface area contributed by atoms with Crippen LogP contribution in [0, 0.1) is 0 Å². The molecule has 136 valence electrons. The maximum Gasteiger partial charge on any atom is 0.222 e. The highest BCUT2D eigenvalue weighted by Crippen LogP contribution is 2.41. The summed E-state index contributed by atoms with van der Waals surface area (Å²) >= 11 is 7.86. The van der Waals surface area contributed by atoms with Crippen LogP contribution >= 0.6 is 22.9 Å². The van der Waals surface area contributed by atoms with Crippen molar-refractivity contribution >= 4 is 40.0 Å². The van der Waals surface area contributed by atoms with Gasteiger partial charge in [-0.2, -0.15) is 4.98 Å². The number of thiophene rings is 1. The first-order valence-corrected chi connectivity index (χ1v) is 10.1. The van der Waals surface area contributed by atoms with Crippen molar-refractivity contribution in [1.29, 1.82) is 0 Å². The van der Waals surface area contributed by atoms with Crippen molar-refractivity contribution in [1.82, 2.24) is 24.5 Å². The fourth-order valence-electron chi connectivity index (χ4n) is 3.34. The number of nitrogen functional groups attached to an aromatic ring is 1. The zero-order valence-corrected chi connectivity index (χ0v) is 16.0. The van der Waals surface area contributed by atoms with Crippen molar-refractivity contribution in [3.05, 3.63) is 51.6 Å². The number of pyridine rings is 1. The zero-order valence-electron chi connectivity index (χ0n) is 14.5. The molecule has 6 nitrogen and oxygen atoms in total. The molecule has 1 aliphatic carbocycles. The quantitative estimate of drug-likeness (QED) is 0.508. The van der Waals surface area contributed by atoms with Crippen LogP contribution in [0.4, 0.5) is 5.95 Å². The van der Waals surface area contributed by atoms with Gasteiger partial charge in [-0.1, -0.05) is 17.7 Å². The summed E-state index contributed by atoms with van der Waals surface area (Å²) in [7, 11) is 0. The van der Waals surface area contributed by atoms with Crippen LogP contribution in [-0.2, 0) is 12.8 Å². The minimum atomic E-state index is 0.296. The van der Waals surface area contributed by atoms with Gasteiger partial charge in [0, 0.05) is 22.7 Å². The van der Waals surface area contributed by atoms with Crippen LogP contribution < -0.4 is 5.73 Å². The Balaban J connectivity index is 1.65. The van der Waals surface area contributed by atoms with Crippen LogP contribution in [0.3, 0.4) is 0 Å². The number of aryl methyl sites for hydroxylation is 2. The van der Waals surface area contributed by atoms with Crippen LogP contribution in [0.2, 0.25) is 5.15 Å². The van der Waals surface area contributed by atoms with E-state index in [1.54, 1.807) is 17.5 Å². The minimum absolute atomic E-state index is 0.296. The third-order valence-electron chi connectivity index (χ3n) is 4.71. The summed E-state index contributed by atoms with van der Waals surface area (Å²) < 4.78 is 2.19. The van der Waals surface area contributed by atoms with Gasteiger partial charge in [0.15, 0.2) is 5.65 Å². The number of anilines is 1. The molecule has 0 aliphatic heterocycles. The summed E-state index contributed by atoms with van der Waals surface area (Å²) in [5.74, 6) is 1.15.